The van der Waals surface area contributed by atoms with Crippen LogP contribution in [0.5, 0.6) is 0 Å². The first-order valence-electron chi connectivity index (χ1n) is 4.00. The number of unbranched alkanes of at least 4 members (excludes halogenated alkanes) is 2. The lowest BCUT2D eigenvalue weighted by Crippen LogP contribution is -2.21. The summed E-state index contributed by atoms with van der Waals surface area (Å²) in [4.78, 5) is 2.10. The van der Waals surface area contributed by atoms with E-state index >= 15 is 0 Å². The Bertz CT molecular complexity index is 73.7. The molecule has 0 rings (SSSR count). The van der Waals surface area contributed by atoms with Gasteiger partial charge in [0, 0.05) is 0 Å². The molecule has 1 unspecified atom stereocenters. The molecule has 10 heavy (non-hydrogen) atoms. The van der Waals surface area contributed by atoms with Gasteiger partial charge in [-0.1, -0.05) is 38.8 Å². The molecular weight excluding hydrogens is 142 g/mol. The highest BCUT2D eigenvalue weighted by atomic mass is 32.1. The second kappa shape index (κ2) is 6.05. The molecule has 1 nitrogen and oxygen atoms in total. The lowest BCUT2D eigenvalue weighted by atomic mass is 10.2. The number of hydrogen-bond donors (Lipinski definition) is 0. The minimum atomic E-state index is 0.339. The summed E-state index contributed by atoms with van der Waals surface area (Å²) in [6.07, 6.45) is 5.05. The van der Waals surface area contributed by atoms with E-state index in [1.807, 2.05) is 14.1 Å². The van der Waals surface area contributed by atoms with Crippen molar-refractivity contribution in [1.29, 1.82) is 0 Å². The van der Waals surface area contributed by atoms with E-state index in [1.54, 1.807) is 0 Å². The van der Waals surface area contributed by atoms with Gasteiger partial charge in [0.05, 0.1) is 5.37 Å². The minimum absolute atomic E-state index is 0.339. The molecule has 0 aliphatic rings. The van der Waals surface area contributed by atoms with Crippen LogP contribution < -0.4 is 0 Å². The molecule has 0 aromatic heterocycles. The summed E-state index contributed by atoms with van der Waals surface area (Å²) in [5.74, 6) is 0. The van der Waals surface area contributed by atoms with Crippen LogP contribution in [0.25, 0.3) is 0 Å². The van der Waals surface area contributed by atoms with E-state index in [0.717, 1.165) is 6.42 Å². The van der Waals surface area contributed by atoms with Crippen molar-refractivity contribution in [2.75, 3.05) is 14.1 Å². The highest BCUT2D eigenvalue weighted by Crippen LogP contribution is 2.09. The van der Waals surface area contributed by atoms with Crippen LogP contribution in [0.15, 0.2) is 0 Å². The lowest BCUT2D eigenvalue weighted by molar-refractivity contribution is 0.361. The second-order valence-corrected chi connectivity index (χ2v) is 3.46. The maximum absolute atomic E-state index is 5.20. The normalized spacial score (nSPS) is 14.1. The smallest absolute Gasteiger partial charge is 0.0657 e. The first kappa shape index (κ1) is 10.3. The van der Waals surface area contributed by atoms with E-state index in [2.05, 4.69) is 11.8 Å². The van der Waals surface area contributed by atoms with Gasteiger partial charge in [-0.25, -0.2) is 0 Å². The van der Waals surface area contributed by atoms with Crippen LogP contribution in [-0.4, -0.2) is 24.4 Å². The fraction of sp³-hybridized carbons (Fsp3) is 1.00. The molecule has 0 aliphatic carbocycles. The van der Waals surface area contributed by atoms with Crippen LogP contribution >= 0.6 is 12.6 Å². The van der Waals surface area contributed by atoms with Gasteiger partial charge < -0.3 is 0 Å². The fourth-order valence-electron chi connectivity index (χ4n) is 0.827. The molecule has 0 spiro atoms. The Morgan fingerprint density at radius 1 is 1.30 bits per heavy atom. The molecule has 0 saturated heterocycles. The Labute approximate surface area is 70.2 Å². The summed E-state index contributed by atoms with van der Waals surface area (Å²) in [7, 11) is 4.09. The Balaban J connectivity index is 3.13. The van der Waals surface area contributed by atoms with Gasteiger partial charge in [0.1, 0.15) is 0 Å². The van der Waals surface area contributed by atoms with E-state index in [1.165, 1.54) is 19.3 Å². The summed E-state index contributed by atoms with van der Waals surface area (Å²) < 4.78 is 0. The standard InChI is InChI=1S/C8H18NS/c1-4-5-6-7-8(10)9(2)3/h8H,4-7H2,1-3H3. The lowest BCUT2D eigenvalue weighted by Gasteiger charge is -2.16. The molecule has 1 radical (unpaired) electrons. The van der Waals surface area contributed by atoms with Crippen molar-refractivity contribution >= 4 is 12.6 Å². The third kappa shape index (κ3) is 5.12. The zero-order valence-corrected chi connectivity index (χ0v) is 8.08. The summed E-state index contributed by atoms with van der Waals surface area (Å²) >= 11 is 5.20. The van der Waals surface area contributed by atoms with Crippen molar-refractivity contribution in [3.05, 3.63) is 0 Å². The predicted octanol–water partition coefficient (Wildman–Crippen LogP) is 2.65. The van der Waals surface area contributed by atoms with Crippen LogP contribution in [-0.2, 0) is 0 Å². The van der Waals surface area contributed by atoms with Crippen molar-refractivity contribution in [1.82, 2.24) is 4.90 Å². The fourth-order valence-corrected chi connectivity index (χ4v) is 0.994. The number of hydrogen-bond acceptors (Lipinski definition) is 1. The average molecular weight is 160 g/mol. The van der Waals surface area contributed by atoms with Gasteiger partial charge in [0.15, 0.2) is 0 Å². The van der Waals surface area contributed by atoms with Gasteiger partial charge in [-0.2, -0.15) is 0 Å². The quantitative estimate of drug-likeness (QED) is 0.559. The average Bonchev–Trinajstić information content (AvgIpc) is 1.88. The molecule has 0 fully saturated rings. The Morgan fingerprint density at radius 3 is 2.30 bits per heavy atom. The van der Waals surface area contributed by atoms with Crippen LogP contribution in [0.2, 0.25) is 0 Å². The van der Waals surface area contributed by atoms with Gasteiger partial charge in [-0.15, -0.1) is 0 Å². The molecule has 0 aromatic rings. The first-order chi connectivity index (χ1) is 4.68. The molecule has 61 valence electrons. The largest absolute Gasteiger partial charge is 0.297 e. The van der Waals surface area contributed by atoms with E-state index in [4.69, 9.17) is 12.6 Å². The molecule has 1 atom stereocenters. The number of nitrogens with zero attached hydrogens (tertiary/aromatic N) is 1. The maximum atomic E-state index is 5.20. The molecule has 0 aliphatic heterocycles. The monoisotopic (exact) mass is 160 g/mol. The predicted molar refractivity (Wildman–Crippen MR) is 49.2 cm³/mol. The van der Waals surface area contributed by atoms with Gasteiger partial charge >= 0.3 is 0 Å². The SMILES string of the molecule is CCCCCC([S])N(C)C. The van der Waals surface area contributed by atoms with Crippen molar-refractivity contribution in [2.24, 2.45) is 0 Å². The number of rotatable bonds is 5. The Hall–Kier alpha value is 0.310. The van der Waals surface area contributed by atoms with Crippen molar-refractivity contribution in [3.63, 3.8) is 0 Å². The molecule has 0 bridgehead atoms. The molecule has 2 heteroatoms. The highest BCUT2D eigenvalue weighted by Gasteiger charge is 2.03. The van der Waals surface area contributed by atoms with Gasteiger partial charge in [0.25, 0.3) is 0 Å². The molecule has 0 N–H and O–H groups in total. The zero-order valence-electron chi connectivity index (χ0n) is 7.26. The van der Waals surface area contributed by atoms with E-state index < -0.39 is 0 Å². The van der Waals surface area contributed by atoms with Crippen molar-refractivity contribution in [3.8, 4) is 0 Å². The Morgan fingerprint density at radius 2 is 1.90 bits per heavy atom. The molecule has 0 heterocycles. The zero-order chi connectivity index (χ0) is 7.98. The van der Waals surface area contributed by atoms with E-state index in [-0.39, 0.29) is 0 Å². The second-order valence-electron chi connectivity index (χ2n) is 2.91. The van der Waals surface area contributed by atoms with Gasteiger partial charge in [-0.3, -0.25) is 4.90 Å². The highest BCUT2D eigenvalue weighted by molar-refractivity contribution is 7.80. The van der Waals surface area contributed by atoms with Gasteiger partial charge in [-0.05, 0) is 20.5 Å². The van der Waals surface area contributed by atoms with Crippen LogP contribution in [0, 0.1) is 0 Å². The molecule has 0 aromatic carbocycles. The molecule has 0 saturated carbocycles. The van der Waals surface area contributed by atoms with Crippen LogP contribution in [0.1, 0.15) is 32.6 Å². The van der Waals surface area contributed by atoms with E-state index in [0.29, 0.717) is 5.37 Å². The molecular formula is C8H18NS. The third-order valence-corrected chi connectivity index (χ3v) is 2.29. The topological polar surface area (TPSA) is 3.24 Å². The first-order valence-corrected chi connectivity index (χ1v) is 4.48. The molecule has 0 amide bonds. The summed E-state index contributed by atoms with van der Waals surface area (Å²) in [5, 5.41) is 0.339. The minimum Gasteiger partial charge on any atom is -0.297 e. The Kier molecular flexibility index (Phi) is 6.24. The van der Waals surface area contributed by atoms with Gasteiger partial charge in [0.2, 0.25) is 0 Å². The van der Waals surface area contributed by atoms with Crippen molar-refractivity contribution in [2.45, 2.75) is 38.0 Å². The summed E-state index contributed by atoms with van der Waals surface area (Å²) in [5.41, 5.74) is 0. The third-order valence-electron chi connectivity index (χ3n) is 1.63. The summed E-state index contributed by atoms with van der Waals surface area (Å²) in [6, 6.07) is 0. The summed E-state index contributed by atoms with van der Waals surface area (Å²) in [6.45, 7) is 2.22. The van der Waals surface area contributed by atoms with Crippen molar-refractivity contribution < 1.29 is 0 Å². The van der Waals surface area contributed by atoms with E-state index in [9.17, 15) is 0 Å². The van der Waals surface area contributed by atoms with Crippen LogP contribution in [0.4, 0.5) is 0 Å². The van der Waals surface area contributed by atoms with Crippen LogP contribution in [0.3, 0.4) is 0 Å². The maximum Gasteiger partial charge on any atom is 0.0657 e.